The second-order valence-corrected chi connectivity index (χ2v) is 4.08. The van der Waals surface area contributed by atoms with Crippen molar-refractivity contribution < 1.29 is 14.1 Å². The van der Waals surface area contributed by atoms with Crippen LogP contribution in [-0.2, 0) is 8.98 Å². The lowest BCUT2D eigenvalue weighted by molar-refractivity contribution is -0.135. The normalized spacial score (nSPS) is 15.3. The zero-order valence-corrected chi connectivity index (χ0v) is 9.80. The number of amides is 1. The summed E-state index contributed by atoms with van der Waals surface area (Å²) in [6, 6.07) is 0. The lowest BCUT2D eigenvalue weighted by Crippen LogP contribution is -2.46. The van der Waals surface area contributed by atoms with E-state index >= 15 is 0 Å². The molecule has 0 saturated carbocycles. The van der Waals surface area contributed by atoms with E-state index in [1.165, 1.54) is 0 Å². The van der Waals surface area contributed by atoms with Gasteiger partial charge in [0.2, 0.25) is 0 Å². The average molecular weight is 221 g/mol. The molecule has 0 aromatic rings. The van der Waals surface area contributed by atoms with Gasteiger partial charge in [0.1, 0.15) is 0 Å². The molecule has 14 heavy (non-hydrogen) atoms. The molecule has 5 heteroatoms. The second-order valence-electron chi connectivity index (χ2n) is 3.90. The molecular formula is C9H19NO3S. The molecule has 1 atom stereocenters. The van der Waals surface area contributed by atoms with Gasteiger partial charge in [0.25, 0.3) is 5.91 Å². The van der Waals surface area contributed by atoms with Crippen molar-refractivity contribution in [1.82, 2.24) is 5.32 Å². The lowest BCUT2D eigenvalue weighted by Gasteiger charge is -2.25. The van der Waals surface area contributed by atoms with Crippen molar-refractivity contribution >= 4 is 18.8 Å². The molecule has 0 rings (SSSR count). The zero-order valence-electron chi connectivity index (χ0n) is 8.91. The maximum atomic E-state index is 11.6. The van der Waals surface area contributed by atoms with Gasteiger partial charge in [-0.25, -0.2) is 0 Å². The summed E-state index contributed by atoms with van der Waals surface area (Å²) >= 11 is 3.65. The summed E-state index contributed by atoms with van der Waals surface area (Å²) < 4.78 is 4.79. The fraction of sp³-hybridized carbons (Fsp3) is 0.889. The molecule has 1 amide bonds. The summed E-state index contributed by atoms with van der Waals surface area (Å²) in [6.07, 6.45) is 0.237. The van der Waals surface area contributed by atoms with E-state index in [-0.39, 0.29) is 18.9 Å². The highest BCUT2D eigenvalue weighted by atomic mass is 32.1. The highest BCUT2D eigenvalue weighted by Gasteiger charge is 2.33. The van der Waals surface area contributed by atoms with Crippen LogP contribution in [0.4, 0.5) is 0 Å². The van der Waals surface area contributed by atoms with E-state index in [4.69, 9.17) is 9.29 Å². The molecule has 0 heterocycles. The van der Waals surface area contributed by atoms with Crippen LogP contribution in [0.15, 0.2) is 0 Å². The Kier molecular flexibility index (Phi) is 6.15. The predicted molar refractivity (Wildman–Crippen MR) is 58.0 cm³/mol. The van der Waals surface area contributed by atoms with Gasteiger partial charge in [-0.1, -0.05) is 13.8 Å². The number of carbonyl (C=O) groups is 1. The quantitative estimate of drug-likeness (QED) is 0.458. The maximum Gasteiger partial charge on any atom is 0.253 e. The van der Waals surface area contributed by atoms with Gasteiger partial charge >= 0.3 is 0 Å². The summed E-state index contributed by atoms with van der Waals surface area (Å²) in [5.41, 5.74) is -1.05. The number of rotatable bonds is 6. The Labute approximate surface area is 90.6 Å². The van der Waals surface area contributed by atoms with Crippen molar-refractivity contribution in [3.05, 3.63) is 0 Å². The third-order valence-corrected chi connectivity index (χ3v) is 2.34. The topological polar surface area (TPSA) is 58.6 Å². The second kappa shape index (κ2) is 6.27. The third-order valence-electron chi connectivity index (χ3n) is 1.94. The molecule has 4 nitrogen and oxygen atoms in total. The van der Waals surface area contributed by atoms with Crippen LogP contribution in [0.1, 0.15) is 27.2 Å². The van der Waals surface area contributed by atoms with Crippen LogP contribution in [0, 0.1) is 5.92 Å². The monoisotopic (exact) mass is 221 g/mol. The van der Waals surface area contributed by atoms with Gasteiger partial charge < -0.3 is 14.6 Å². The first kappa shape index (κ1) is 13.7. The fourth-order valence-electron chi connectivity index (χ4n) is 0.898. The molecular weight excluding hydrogens is 202 g/mol. The van der Waals surface area contributed by atoms with E-state index in [1.807, 2.05) is 13.8 Å². The van der Waals surface area contributed by atoms with E-state index in [0.717, 1.165) is 0 Å². The van der Waals surface area contributed by atoms with Crippen molar-refractivity contribution in [2.24, 2.45) is 5.92 Å². The largest absolute Gasteiger partial charge is 0.396 e. The molecule has 0 aromatic carbocycles. The zero-order chi connectivity index (χ0) is 11.2. The van der Waals surface area contributed by atoms with Crippen molar-refractivity contribution in [2.45, 2.75) is 32.8 Å². The minimum atomic E-state index is -1.05. The van der Waals surface area contributed by atoms with Gasteiger partial charge in [-0.3, -0.25) is 4.79 Å². The van der Waals surface area contributed by atoms with Crippen molar-refractivity contribution in [3.63, 3.8) is 0 Å². The first-order valence-electron chi connectivity index (χ1n) is 4.68. The first-order valence-corrected chi connectivity index (χ1v) is 5.04. The molecule has 0 aliphatic rings. The summed E-state index contributed by atoms with van der Waals surface area (Å²) in [4.78, 5) is 11.6. The smallest absolute Gasteiger partial charge is 0.253 e. The molecule has 0 aromatic heterocycles. The standard InChI is InChI=1S/C9H19NO3S/c1-7(2)6-10-8(12)9(3,13-14)4-5-11/h7,11,14H,4-6H2,1-3H3,(H,10,12). The lowest BCUT2D eigenvalue weighted by atomic mass is 10.0. The number of aliphatic hydroxyl groups is 1. The van der Waals surface area contributed by atoms with Crippen LogP contribution < -0.4 is 5.32 Å². The van der Waals surface area contributed by atoms with Crippen LogP contribution in [-0.4, -0.2) is 29.8 Å². The van der Waals surface area contributed by atoms with Crippen LogP contribution in [0.5, 0.6) is 0 Å². The number of hydrogen-bond donors (Lipinski definition) is 3. The van der Waals surface area contributed by atoms with Gasteiger partial charge in [-0.2, -0.15) is 0 Å². The summed E-state index contributed by atoms with van der Waals surface area (Å²) in [5, 5.41) is 11.5. The molecule has 0 aliphatic carbocycles. The summed E-state index contributed by atoms with van der Waals surface area (Å²) in [5.74, 6) is 0.146. The summed E-state index contributed by atoms with van der Waals surface area (Å²) in [6.45, 7) is 6.10. The van der Waals surface area contributed by atoms with Gasteiger partial charge in [0, 0.05) is 19.6 Å². The van der Waals surface area contributed by atoms with E-state index < -0.39 is 5.60 Å². The van der Waals surface area contributed by atoms with Crippen LogP contribution in [0.2, 0.25) is 0 Å². The highest BCUT2D eigenvalue weighted by Crippen LogP contribution is 2.17. The SMILES string of the molecule is CC(C)CNC(=O)C(C)(CCO)OS. The highest BCUT2D eigenvalue weighted by molar-refractivity contribution is 7.75. The molecule has 0 fully saturated rings. The number of nitrogens with one attached hydrogen (secondary N) is 1. The van der Waals surface area contributed by atoms with Gasteiger partial charge in [0.05, 0.1) is 0 Å². The fourth-order valence-corrected chi connectivity index (χ4v) is 1.07. The Hall–Kier alpha value is -0.260. The number of hydrogen-bond acceptors (Lipinski definition) is 4. The van der Waals surface area contributed by atoms with Gasteiger partial charge in [-0.05, 0) is 25.8 Å². The van der Waals surface area contributed by atoms with Crippen molar-refractivity contribution in [3.8, 4) is 0 Å². The number of carbonyl (C=O) groups excluding carboxylic acids is 1. The first-order chi connectivity index (χ1) is 6.46. The van der Waals surface area contributed by atoms with Crippen LogP contribution in [0.3, 0.4) is 0 Å². The van der Waals surface area contributed by atoms with Gasteiger partial charge in [0.15, 0.2) is 5.60 Å². The molecule has 2 N–H and O–H groups in total. The van der Waals surface area contributed by atoms with E-state index in [1.54, 1.807) is 6.92 Å². The van der Waals surface area contributed by atoms with Crippen molar-refractivity contribution in [1.29, 1.82) is 0 Å². The van der Waals surface area contributed by atoms with E-state index in [2.05, 4.69) is 18.2 Å². The molecule has 0 saturated heterocycles. The molecule has 84 valence electrons. The minimum absolute atomic E-state index is 0.105. The number of thiol groups is 1. The Balaban J connectivity index is 4.16. The Morgan fingerprint density at radius 2 is 2.21 bits per heavy atom. The number of aliphatic hydroxyl groups excluding tert-OH is 1. The van der Waals surface area contributed by atoms with Crippen LogP contribution in [0.25, 0.3) is 0 Å². The third kappa shape index (κ3) is 4.30. The average Bonchev–Trinajstić information content (AvgIpc) is 2.14. The molecule has 0 radical (unpaired) electrons. The van der Waals surface area contributed by atoms with Crippen LogP contribution >= 0.6 is 12.9 Å². The van der Waals surface area contributed by atoms with Crippen molar-refractivity contribution in [2.75, 3.05) is 13.2 Å². The predicted octanol–water partition coefficient (Wildman–Crippen LogP) is 0.761. The molecule has 1 unspecified atom stereocenters. The molecule has 0 aliphatic heterocycles. The Morgan fingerprint density at radius 1 is 1.64 bits per heavy atom. The Bertz CT molecular complexity index is 187. The summed E-state index contributed by atoms with van der Waals surface area (Å²) in [7, 11) is 0. The van der Waals surface area contributed by atoms with E-state index in [0.29, 0.717) is 12.5 Å². The molecule has 0 spiro atoms. The maximum absolute atomic E-state index is 11.6. The Morgan fingerprint density at radius 3 is 2.57 bits per heavy atom. The molecule has 0 bridgehead atoms. The van der Waals surface area contributed by atoms with E-state index in [9.17, 15) is 4.79 Å². The van der Waals surface area contributed by atoms with Gasteiger partial charge in [-0.15, -0.1) is 0 Å². The minimum Gasteiger partial charge on any atom is -0.396 e.